The van der Waals surface area contributed by atoms with Crippen molar-refractivity contribution in [2.45, 2.75) is 57.0 Å². The summed E-state index contributed by atoms with van der Waals surface area (Å²) in [5, 5.41) is 6.21. The van der Waals surface area contributed by atoms with E-state index in [-0.39, 0.29) is 27.8 Å². The highest BCUT2D eigenvalue weighted by Crippen LogP contribution is 2.28. The molecule has 7 nitrogen and oxygen atoms in total. The van der Waals surface area contributed by atoms with Crippen LogP contribution in [0.1, 0.15) is 49.5 Å². The molecule has 1 heterocycles. The van der Waals surface area contributed by atoms with E-state index >= 15 is 0 Å². The van der Waals surface area contributed by atoms with Crippen LogP contribution in [0.2, 0.25) is 0 Å². The van der Waals surface area contributed by atoms with Gasteiger partial charge in [-0.3, -0.25) is 9.59 Å². The van der Waals surface area contributed by atoms with Crippen LogP contribution in [0.3, 0.4) is 0 Å². The summed E-state index contributed by atoms with van der Waals surface area (Å²) in [6, 6.07) is 10.2. The zero-order chi connectivity index (χ0) is 26.0. The second-order valence-electron chi connectivity index (χ2n) is 9.99. The van der Waals surface area contributed by atoms with Crippen LogP contribution in [0.15, 0.2) is 47.4 Å². The molecule has 9 heteroatoms. The van der Waals surface area contributed by atoms with Gasteiger partial charge in [0.15, 0.2) is 9.84 Å². The minimum absolute atomic E-state index is 0.0687. The fourth-order valence-corrected chi connectivity index (χ4v) is 4.85. The monoisotopic (exact) mass is 503 g/mol. The van der Waals surface area contributed by atoms with Gasteiger partial charge in [-0.25, -0.2) is 12.8 Å². The fourth-order valence-electron chi connectivity index (χ4n) is 4.22. The van der Waals surface area contributed by atoms with Crippen LogP contribution >= 0.6 is 0 Å². The van der Waals surface area contributed by atoms with E-state index in [0.717, 1.165) is 11.3 Å². The summed E-state index contributed by atoms with van der Waals surface area (Å²) >= 11 is 0. The van der Waals surface area contributed by atoms with Crippen LogP contribution in [0.25, 0.3) is 0 Å². The maximum Gasteiger partial charge on any atom is 0.254 e. The molecule has 1 aliphatic rings. The quantitative estimate of drug-likeness (QED) is 0.600. The molecule has 2 amide bonds. The summed E-state index contributed by atoms with van der Waals surface area (Å²) < 4.78 is 37.5. The lowest BCUT2D eigenvalue weighted by atomic mass is 9.88. The van der Waals surface area contributed by atoms with E-state index in [1.54, 1.807) is 42.2 Å². The van der Waals surface area contributed by atoms with Crippen molar-refractivity contribution in [1.29, 1.82) is 0 Å². The molecule has 1 atom stereocenters. The predicted octanol–water partition coefficient (Wildman–Crippen LogP) is 3.79. The normalized spacial score (nSPS) is 16.6. The number of nitrogens with zero attached hydrogens (tertiary/aromatic N) is 1. The molecule has 3 rings (SSSR count). The van der Waals surface area contributed by atoms with Crippen LogP contribution in [0, 0.1) is 18.7 Å². The van der Waals surface area contributed by atoms with Crippen LogP contribution in [0.5, 0.6) is 0 Å². The summed E-state index contributed by atoms with van der Waals surface area (Å²) in [6.45, 7) is 8.56. The number of piperidine rings is 1. The van der Waals surface area contributed by atoms with Crippen molar-refractivity contribution in [2.24, 2.45) is 5.92 Å². The maximum absolute atomic E-state index is 14.2. The summed E-state index contributed by atoms with van der Waals surface area (Å²) in [7, 11) is -3.25. The Hall–Kier alpha value is -2.94. The van der Waals surface area contributed by atoms with Gasteiger partial charge in [0.25, 0.3) is 5.91 Å². The molecule has 1 saturated heterocycles. The molecular weight excluding hydrogens is 469 g/mol. The first-order valence-electron chi connectivity index (χ1n) is 11.7. The number of benzene rings is 2. The Morgan fingerprint density at radius 3 is 2.20 bits per heavy atom. The Bertz CT molecular complexity index is 1190. The molecule has 0 aliphatic carbocycles. The predicted molar refractivity (Wildman–Crippen MR) is 135 cm³/mol. The summed E-state index contributed by atoms with van der Waals surface area (Å²) in [5.74, 6) is -1.56. The van der Waals surface area contributed by atoms with E-state index in [1.807, 2.05) is 13.8 Å². The molecule has 0 aromatic heterocycles. The SMILES string of the molecule is Cc1ccc(F)c(C(=O)N[C@@H](C(=O)N2CCC(C)(Nc3ccc(S(C)(=O)=O)cc3)CC2)C(C)C)c1. The highest BCUT2D eigenvalue weighted by atomic mass is 32.2. The van der Waals surface area contributed by atoms with E-state index in [0.29, 0.717) is 25.9 Å². The number of hydrogen-bond acceptors (Lipinski definition) is 5. The molecule has 35 heavy (non-hydrogen) atoms. The average Bonchev–Trinajstić information content (AvgIpc) is 2.78. The van der Waals surface area contributed by atoms with E-state index < -0.39 is 27.6 Å². The van der Waals surface area contributed by atoms with Gasteiger partial charge in [-0.1, -0.05) is 25.5 Å². The zero-order valence-corrected chi connectivity index (χ0v) is 21.7. The number of halogens is 1. The van der Waals surface area contributed by atoms with Crippen molar-refractivity contribution in [2.75, 3.05) is 24.7 Å². The first-order valence-corrected chi connectivity index (χ1v) is 13.6. The standard InChI is InChI=1S/C26H34FN3O4S/c1-17(2)23(28-24(31)21-16-18(3)6-11-22(21)27)25(32)30-14-12-26(4,13-15-30)29-19-7-9-20(10-8-19)35(5,33)34/h6-11,16-17,23,29H,12-15H2,1-5H3,(H,28,31)/t23-/m1/s1. The van der Waals surface area contributed by atoms with E-state index in [2.05, 4.69) is 17.6 Å². The topological polar surface area (TPSA) is 95.6 Å². The minimum atomic E-state index is -3.25. The Morgan fingerprint density at radius 2 is 1.66 bits per heavy atom. The van der Waals surface area contributed by atoms with Crippen molar-refractivity contribution in [3.63, 3.8) is 0 Å². The number of nitrogens with one attached hydrogen (secondary N) is 2. The molecule has 2 N–H and O–H groups in total. The number of rotatable bonds is 7. The third-order valence-electron chi connectivity index (χ3n) is 6.49. The highest BCUT2D eigenvalue weighted by molar-refractivity contribution is 7.90. The number of aryl methyl sites for hydroxylation is 1. The molecular formula is C26H34FN3O4S. The Balaban J connectivity index is 1.64. The Labute approximate surface area is 207 Å². The number of carbonyl (C=O) groups is 2. The number of amides is 2. The number of sulfone groups is 1. The van der Waals surface area contributed by atoms with Gasteiger partial charge in [-0.05, 0) is 69.0 Å². The van der Waals surface area contributed by atoms with Crippen molar-refractivity contribution in [3.05, 3.63) is 59.4 Å². The lowest BCUT2D eigenvalue weighted by Gasteiger charge is -2.42. The van der Waals surface area contributed by atoms with E-state index in [9.17, 15) is 22.4 Å². The average molecular weight is 504 g/mol. The molecule has 1 aliphatic heterocycles. The van der Waals surface area contributed by atoms with Gasteiger partial charge >= 0.3 is 0 Å². The fraction of sp³-hybridized carbons (Fsp3) is 0.462. The molecule has 190 valence electrons. The van der Waals surface area contributed by atoms with Crippen molar-refractivity contribution < 1.29 is 22.4 Å². The van der Waals surface area contributed by atoms with Gasteiger partial charge in [0.05, 0.1) is 10.5 Å². The molecule has 0 radical (unpaired) electrons. The largest absolute Gasteiger partial charge is 0.380 e. The van der Waals surface area contributed by atoms with Gasteiger partial charge in [0.1, 0.15) is 11.9 Å². The third-order valence-corrected chi connectivity index (χ3v) is 7.62. The molecule has 0 saturated carbocycles. The number of carbonyl (C=O) groups excluding carboxylic acids is 2. The molecule has 0 unspecified atom stereocenters. The maximum atomic E-state index is 14.2. The van der Waals surface area contributed by atoms with Crippen LogP contribution < -0.4 is 10.6 Å². The molecule has 2 aromatic carbocycles. The van der Waals surface area contributed by atoms with Crippen LogP contribution in [0.4, 0.5) is 10.1 Å². The second kappa shape index (κ2) is 10.4. The lowest BCUT2D eigenvalue weighted by Crippen LogP contribution is -2.56. The van der Waals surface area contributed by atoms with Crippen molar-refractivity contribution in [1.82, 2.24) is 10.2 Å². The molecule has 0 bridgehead atoms. The third kappa shape index (κ3) is 6.60. The van der Waals surface area contributed by atoms with Gasteiger partial charge in [0.2, 0.25) is 5.91 Å². The van der Waals surface area contributed by atoms with Crippen molar-refractivity contribution >= 4 is 27.3 Å². The lowest BCUT2D eigenvalue weighted by molar-refractivity contribution is -0.135. The Morgan fingerprint density at radius 1 is 1.06 bits per heavy atom. The molecule has 1 fully saturated rings. The minimum Gasteiger partial charge on any atom is -0.380 e. The van der Waals surface area contributed by atoms with Gasteiger partial charge < -0.3 is 15.5 Å². The smallest absolute Gasteiger partial charge is 0.254 e. The van der Waals surface area contributed by atoms with Crippen LogP contribution in [-0.2, 0) is 14.6 Å². The Kier molecular flexibility index (Phi) is 7.89. The highest BCUT2D eigenvalue weighted by Gasteiger charge is 2.36. The zero-order valence-electron chi connectivity index (χ0n) is 20.9. The van der Waals surface area contributed by atoms with Crippen molar-refractivity contribution in [3.8, 4) is 0 Å². The number of hydrogen-bond donors (Lipinski definition) is 2. The summed E-state index contributed by atoms with van der Waals surface area (Å²) in [6.07, 6.45) is 2.53. The van der Waals surface area contributed by atoms with Gasteiger partial charge in [0, 0.05) is 30.6 Å². The summed E-state index contributed by atoms with van der Waals surface area (Å²) in [5.41, 5.74) is 1.23. The molecule has 0 spiro atoms. The second-order valence-corrected chi connectivity index (χ2v) is 12.0. The molecule has 2 aromatic rings. The first kappa shape index (κ1) is 26.7. The number of likely N-dealkylation sites (tertiary alicyclic amines) is 1. The van der Waals surface area contributed by atoms with Gasteiger partial charge in [-0.15, -0.1) is 0 Å². The first-order chi connectivity index (χ1) is 16.3. The number of anilines is 1. The van der Waals surface area contributed by atoms with E-state index in [1.165, 1.54) is 18.4 Å². The van der Waals surface area contributed by atoms with Gasteiger partial charge in [-0.2, -0.15) is 0 Å². The van der Waals surface area contributed by atoms with E-state index in [4.69, 9.17) is 0 Å². The summed E-state index contributed by atoms with van der Waals surface area (Å²) in [4.78, 5) is 28.1. The van der Waals surface area contributed by atoms with Crippen LogP contribution in [-0.4, -0.2) is 56.1 Å².